The predicted molar refractivity (Wildman–Crippen MR) is 87.0 cm³/mol. The van der Waals surface area contributed by atoms with Crippen molar-refractivity contribution in [3.8, 4) is 0 Å². The smallest absolute Gasteiger partial charge is 0.226 e. The van der Waals surface area contributed by atoms with Crippen LogP contribution >= 0.6 is 0 Å². The number of amides is 1. The number of nitrogens with zero attached hydrogens (tertiary/aromatic N) is 2. The summed E-state index contributed by atoms with van der Waals surface area (Å²) in [7, 11) is 0. The first-order valence-corrected chi connectivity index (χ1v) is 7.62. The van der Waals surface area contributed by atoms with E-state index in [0.717, 1.165) is 24.2 Å². The summed E-state index contributed by atoms with van der Waals surface area (Å²) in [6.07, 6.45) is 6.32. The molecule has 1 aromatic carbocycles. The van der Waals surface area contributed by atoms with Gasteiger partial charge in [-0.2, -0.15) is 5.10 Å². The van der Waals surface area contributed by atoms with Crippen LogP contribution in [0.3, 0.4) is 0 Å². The van der Waals surface area contributed by atoms with Crippen LogP contribution in [0.1, 0.15) is 30.0 Å². The lowest BCUT2D eigenvalue weighted by atomic mass is 10.0. The molecule has 3 rings (SSSR count). The summed E-state index contributed by atoms with van der Waals surface area (Å²) in [5.74, 6) is 0.00453. The van der Waals surface area contributed by atoms with E-state index < -0.39 is 0 Å². The van der Waals surface area contributed by atoms with Crippen LogP contribution in [-0.2, 0) is 4.79 Å². The van der Waals surface area contributed by atoms with Crippen LogP contribution in [0.5, 0.6) is 0 Å². The predicted octanol–water partition coefficient (Wildman–Crippen LogP) is 2.55. The number of carbonyl (C=O) groups is 1. The number of H-pyrrole nitrogens is 1. The molecule has 2 heterocycles. The van der Waals surface area contributed by atoms with Gasteiger partial charge in [0, 0.05) is 25.4 Å². The van der Waals surface area contributed by atoms with E-state index in [4.69, 9.17) is 5.73 Å². The normalized spacial score (nSPS) is 18.0. The van der Waals surface area contributed by atoms with E-state index in [9.17, 15) is 9.18 Å². The Hall–Kier alpha value is -2.63. The molecule has 0 saturated carbocycles. The maximum atomic E-state index is 13.1. The standard InChI is InChI=1S/C17H19FN4O/c18-14-5-1-3-12(9-14)4-2-6-16(23)22-8-7-13(11-22)17-15(19)10-20-21-17/h1-5,9-10,13H,6-8,11,19H2,(H,20,21). The van der Waals surface area contributed by atoms with Gasteiger partial charge in [0.25, 0.3) is 0 Å². The Labute approximate surface area is 134 Å². The van der Waals surface area contributed by atoms with Crippen molar-refractivity contribution in [1.82, 2.24) is 15.1 Å². The van der Waals surface area contributed by atoms with Crippen molar-refractivity contribution in [1.29, 1.82) is 0 Å². The Bertz CT molecular complexity index is 725. The van der Waals surface area contributed by atoms with E-state index in [2.05, 4.69) is 10.2 Å². The molecule has 1 unspecified atom stereocenters. The minimum atomic E-state index is -0.280. The van der Waals surface area contributed by atoms with Crippen LogP contribution in [0.15, 0.2) is 36.5 Å². The highest BCUT2D eigenvalue weighted by molar-refractivity contribution is 5.79. The van der Waals surface area contributed by atoms with Crippen LogP contribution in [0, 0.1) is 5.82 Å². The lowest BCUT2D eigenvalue weighted by Gasteiger charge is -2.15. The highest BCUT2D eigenvalue weighted by Gasteiger charge is 2.28. The summed E-state index contributed by atoms with van der Waals surface area (Å²) in [5, 5.41) is 6.85. The molecule has 1 saturated heterocycles. The quantitative estimate of drug-likeness (QED) is 0.910. The molecular formula is C17H19FN4O. The average molecular weight is 314 g/mol. The molecule has 5 nitrogen and oxygen atoms in total. The van der Waals surface area contributed by atoms with Gasteiger partial charge >= 0.3 is 0 Å². The lowest BCUT2D eigenvalue weighted by molar-refractivity contribution is -0.129. The van der Waals surface area contributed by atoms with Gasteiger partial charge in [0.15, 0.2) is 0 Å². The van der Waals surface area contributed by atoms with Crippen LogP contribution in [-0.4, -0.2) is 34.1 Å². The summed E-state index contributed by atoms with van der Waals surface area (Å²) in [6, 6.07) is 6.29. The maximum Gasteiger partial charge on any atom is 0.226 e. The molecule has 6 heteroatoms. The molecule has 23 heavy (non-hydrogen) atoms. The number of nitrogens with one attached hydrogen (secondary N) is 1. The molecule has 1 aliphatic rings. The van der Waals surface area contributed by atoms with Gasteiger partial charge in [0.2, 0.25) is 5.91 Å². The number of hydrogen-bond donors (Lipinski definition) is 2. The second kappa shape index (κ2) is 6.64. The van der Waals surface area contributed by atoms with Gasteiger partial charge in [0.1, 0.15) is 5.82 Å². The number of carbonyl (C=O) groups excluding carboxylic acids is 1. The number of rotatable bonds is 4. The SMILES string of the molecule is Nc1cn[nH]c1C1CCN(C(=O)CC=Cc2cccc(F)c2)C1. The van der Waals surface area contributed by atoms with E-state index in [0.29, 0.717) is 18.7 Å². The van der Waals surface area contributed by atoms with Crippen molar-refractivity contribution >= 4 is 17.7 Å². The highest BCUT2D eigenvalue weighted by Crippen LogP contribution is 2.29. The molecule has 120 valence electrons. The maximum absolute atomic E-state index is 13.1. The summed E-state index contributed by atoms with van der Waals surface area (Å²) in [6.45, 7) is 1.37. The molecule has 1 aromatic heterocycles. The summed E-state index contributed by atoms with van der Waals surface area (Å²) in [4.78, 5) is 14.1. The minimum Gasteiger partial charge on any atom is -0.396 e. The fourth-order valence-electron chi connectivity index (χ4n) is 2.89. The van der Waals surface area contributed by atoms with Crippen LogP contribution in [0.25, 0.3) is 6.08 Å². The third-order valence-corrected chi connectivity index (χ3v) is 4.10. The van der Waals surface area contributed by atoms with Crippen LogP contribution in [0.4, 0.5) is 10.1 Å². The molecule has 0 aliphatic carbocycles. The van der Waals surface area contributed by atoms with Gasteiger partial charge in [-0.25, -0.2) is 4.39 Å². The second-order valence-electron chi connectivity index (χ2n) is 5.73. The largest absolute Gasteiger partial charge is 0.396 e. The molecule has 1 fully saturated rings. The first-order valence-electron chi connectivity index (χ1n) is 7.62. The fourth-order valence-corrected chi connectivity index (χ4v) is 2.89. The number of hydrogen-bond acceptors (Lipinski definition) is 3. The minimum absolute atomic E-state index is 0.0678. The molecule has 1 amide bonds. The van der Waals surface area contributed by atoms with Crippen molar-refractivity contribution in [3.05, 3.63) is 53.6 Å². The van der Waals surface area contributed by atoms with E-state index in [1.165, 1.54) is 12.1 Å². The number of nitrogens with two attached hydrogens (primary N) is 1. The number of halogens is 1. The zero-order chi connectivity index (χ0) is 16.2. The number of nitrogen functional groups attached to an aromatic ring is 1. The van der Waals surface area contributed by atoms with E-state index in [1.807, 2.05) is 4.90 Å². The highest BCUT2D eigenvalue weighted by atomic mass is 19.1. The number of likely N-dealkylation sites (tertiary alicyclic amines) is 1. The molecule has 0 bridgehead atoms. The zero-order valence-corrected chi connectivity index (χ0v) is 12.7. The second-order valence-corrected chi connectivity index (χ2v) is 5.73. The average Bonchev–Trinajstić information content (AvgIpc) is 3.15. The Morgan fingerprint density at radius 1 is 1.52 bits per heavy atom. The van der Waals surface area contributed by atoms with E-state index in [-0.39, 0.29) is 17.6 Å². The Balaban J connectivity index is 1.54. The number of aromatic amines is 1. The topological polar surface area (TPSA) is 75.0 Å². The lowest BCUT2D eigenvalue weighted by Crippen LogP contribution is -2.27. The van der Waals surface area contributed by atoms with Crippen molar-refractivity contribution in [2.45, 2.75) is 18.8 Å². The van der Waals surface area contributed by atoms with E-state index >= 15 is 0 Å². The zero-order valence-electron chi connectivity index (χ0n) is 12.7. The molecule has 1 atom stereocenters. The van der Waals surface area contributed by atoms with Gasteiger partial charge < -0.3 is 10.6 Å². The molecule has 0 spiro atoms. The summed E-state index contributed by atoms with van der Waals surface area (Å²) in [5.41, 5.74) is 8.17. The number of anilines is 1. The fraction of sp³-hybridized carbons (Fsp3) is 0.294. The third kappa shape index (κ3) is 3.59. The monoisotopic (exact) mass is 314 g/mol. The van der Waals surface area contributed by atoms with Crippen LogP contribution in [0.2, 0.25) is 0 Å². The van der Waals surface area contributed by atoms with Gasteiger partial charge in [0.05, 0.1) is 17.6 Å². The first kappa shape index (κ1) is 15.3. The number of aromatic nitrogens is 2. The first-order chi connectivity index (χ1) is 11.1. The van der Waals surface area contributed by atoms with Crippen molar-refractivity contribution in [3.63, 3.8) is 0 Å². The van der Waals surface area contributed by atoms with Crippen LogP contribution < -0.4 is 5.73 Å². The Morgan fingerprint density at radius 3 is 3.13 bits per heavy atom. The summed E-state index contributed by atoms with van der Waals surface area (Å²) >= 11 is 0. The molecule has 2 aromatic rings. The third-order valence-electron chi connectivity index (χ3n) is 4.10. The molecular weight excluding hydrogens is 295 g/mol. The van der Waals surface area contributed by atoms with Crippen molar-refractivity contribution < 1.29 is 9.18 Å². The van der Waals surface area contributed by atoms with Crippen molar-refractivity contribution in [2.24, 2.45) is 0 Å². The number of benzene rings is 1. The van der Waals surface area contributed by atoms with Gasteiger partial charge in [-0.15, -0.1) is 0 Å². The molecule has 0 radical (unpaired) electrons. The Kier molecular flexibility index (Phi) is 4.41. The van der Waals surface area contributed by atoms with Gasteiger partial charge in [-0.05, 0) is 24.1 Å². The Morgan fingerprint density at radius 2 is 2.39 bits per heavy atom. The van der Waals surface area contributed by atoms with Gasteiger partial charge in [-0.1, -0.05) is 24.3 Å². The summed E-state index contributed by atoms with van der Waals surface area (Å²) < 4.78 is 13.1. The molecule has 3 N–H and O–H groups in total. The molecule has 1 aliphatic heterocycles. The van der Waals surface area contributed by atoms with E-state index in [1.54, 1.807) is 30.5 Å². The van der Waals surface area contributed by atoms with Crippen molar-refractivity contribution in [2.75, 3.05) is 18.8 Å². The van der Waals surface area contributed by atoms with Gasteiger partial charge in [-0.3, -0.25) is 9.89 Å².